The lowest BCUT2D eigenvalue weighted by molar-refractivity contribution is 0.111. The number of fused-ring (bicyclic) bond motifs is 1. The molecule has 1 aromatic heterocycles. The van der Waals surface area contributed by atoms with E-state index in [1.54, 1.807) is 6.07 Å². The summed E-state index contributed by atoms with van der Waals surface area (Å²) in [6, 6.07) is 9.56. The van der Waals surface area contributed by atoms with Gasteiger partial charge >= 0.3 is 0 Å². The third kappa shape index (κ3) is 3.23. The zero-order valence-corrected chi connectivity index (χ0v) is 12.4. The highest BCUT2D eigenvalue weighted by Gasteiger charge is 2.21. The van der Waals surface area contributed by atoms with Crippen molar-refractivity contribution in [2.45, 2.75) is 45.1 Å². The molecule has 1 heterocycles. The zero-order chi connectivity index (χ0) is 14.7. The van der Waals surface area contributed by atoms with Gasteiger partial charge in [-0.15, -0.1) is 0 Å². The molecular formula is C18H21NO2. The molecule has 3 nitrogen and oxygen atoms in total. The Morgan fingerprint density at radius 2 is 2.00 bits per heavy atom. The highest BCUT2D eigenvalue weighted by Crippen LogP contribution is 2.30. The smallest absolute Gasteiger partial charge is 0.168 e. The second-order valence-corrected chi connectivity index (χ2v) is 5.88. The fraction of sp³-hybridized carbons (Fsp3) is 0.444. The third-order valence-electron chi connectivity index (χ3n) is 4.48. The van der Waals surface area contributed by atoms with Gasteiger partial charge in [-0.1, -0.05) is 19.4 Å². The van der Waals surface area contributed by atoms with Crippen molar-refractivity contribution < 1.29 is 9.53 Å². The average molecular weight is 283 g/mol. The highest BCUT2D eigenvalue weighted by atomic mass is 16.5. The molecule has 0 spiro atoms. The molecule has 3 heteroatoms. The summed E-state index contributed by atoms with van der Waals surface area (Å²) in [4.78, 5) is 15.0. The number of benzene rings is 1. The summed E-state index contributed by atoms with van der Waals surface area (Å²) in [5.74, 6) is 1.79. The fourth-order valence-electron chi connectivity index (χ4n) is 3.11. The summed E-state index contributed by atoms with van der Waals surface area (Å²) < 4.78 is 6.12. The van der Waals surface area contributed by atoms with Crippen LogP contribution in [0.1, 0.15) is 49.5 Å². The van der Waals surface area contributed by atoms with Crippen LogP contribution in [-0.4, -0.2) is 17.4 Å². The largest absolute Gasteiger partial charge is 0.490 e. The van der Waals surface area contributed by atoms with Crippen molar-refractivity contribution in [2.24, 2.45) is 5.92 Å². The van der Waals surface area contributed by atoms with Crippen molar-refractivity contribution >= 4 is 17.2 Å². The molecule has 110 valence electrons. The minimum Gasteiger partial charge on any atom is -0.490 e. The van der Waals surface area contributed by atoms with Crippen LogP contribution < -0.4 is 4.74 Å². The molecule has 1 aliphatic rings. The Balaban J connectivity index is 1.71. The lowest BCUT2D eigenvalue weighted by Crippen LogP contribution is -2.23. The normalized spacial score (nSPS) is 22.1. The minimum absolute atomic E-state index is 0.340. The molecule has 1 aromatic carbocycles. The molecule has 1 aliphatic carbocycles. The first-order chi connectivity index (χ1) is 10.3. The molecule has 2 aromatic rings. The molecule has 21 heavy (non-hydrogen) atoms. The Morgan fingerprint density at radius 3 is 2.71 bits per heavy atom. The van der Waals surface area contributed by atoms with Crippen LogP contribution in [0.3, 0.4) is 0 Å². The molecule has 0 unspecified atom stereocenters. The van der Waals surface area contributed by atoms with Gasteiger partial charge < -0.3 is 4.74 Å². The number of ether oxygens (including phenoxy) is 1. The molecule has 0 saturated heterocycles. The monoisotopic (exact) mass is 283 g/mol. The zero-order valence-electron chi connectivity index (χ0n) is 12.4. The van der Waals surface area contributed by atoms with Gasteiger partial charge in [-0.05, 0) is 55.9 Å². The summed E-state index contributed by atoms with van der Waals surface area (Å²) in [5.41, 5.74) is 1.30. The van der Waals surface area contributed by atoms with E-state index in [-0.39, 0.29) is 0 Å². The first kappa shape index (κ1) is 14.1. The van der Waals surface area contributed by atoms with Crippen LogP contribution in [0, 0.1) is 5.92 Å². The summed E-state index contributed by atoms with van der Waals surface area (Å²) in [7, 11) is 0. The van der Waals surface area contributed by atoms with E-state index in [0.717, 1.165) is 41.7 Å². The molecule has 0 N–H and O–H groups in total. The van der Waals surface area contributed by atoms with Crippen molar-refractivity contribution in [2.75, 3.05) is 0 Å². The molecular weight excluding hydrogens is 262 g/mol. The molecule has 1 fully saturated rings. The van der Waals surface area contributed by atoms with Crippen molar-refractivity contribution in [3.63, 3.8) is 0 Å². The second-order valence-electron chi connectivity index (χ2n) is 5.88. The predicted octanol–water partition coefficient (Wildman–Crippen LogP) is 4.39. The van der Waals surface area contributed by atoms with Crippen LogP contribution in [0.4, 0.5) is 0 Å². The fourth-order valence-corrected chi connectivity index (χ4v) is 3.11. The molecule has 3 rings (SSSR count). The van der Waals surface area contributed by atoms with Crippen molar-refractivity contribution in [1.29, 1.82) is 0 Å². The standard InChI is InChI=1S/C18H21NO2/c1-2-13-3-7-16(8-4-13)21-17-9-10-18-14(11-17)5-6-15(12-20)19-18/h5-6,9-13,16H,2-4,7-8H2,1H3/t13-,16+. The number of aldehydes is 1. The number of carbonyl (C=O) groups is 1. The minimum atomic E-state index is 0.340. The Morgan fingerprint density at radius 1 is 1.19 bits per heavy atom. The van der Waals surface area contributed by atoms with Crippen LogP contribution in [0.5, 0.6) is 5.75 Å². The molecule has 0 radical (unpaired) electrons. The van der Waals surface area contributed by atoms with Crippen LogP contribution in [0.15, 0.2) is 30.3 Å². The molecule has 0 aliphatic heterocycles. The predicted molar refractivity (Wildman–Crippen MR) is 83.8 cm³/mol. The number of hydrogen-bond donors (Lipinski definition) is 0. The average Bonchev–Trinajstić information content (AvgIpc) is 2.55. The van der Waals surface area contributed by atoms with Crippen LogP contribution in [0.25, 0.3) is 10.9 Å². The number of pyridine rings is 1. The van der Waals surface area contributed by atoms with E-state index in [1.807, 2.05) is 24.3 Å². The lowest BCUT2D eigenvalue weighted by Gasteiger charge is -2.28. The first-order valence-electron chi connectivity index (χ1n) is 7.81. The van der Waals surface area contributed by atoms with Gasteiger partial charge in [-0.25, -0.2) is 4.98 Å². The number of hydrogen-bond acceptors (Lipinski definition) is 3. The quantitative estimate of drug-likeness (QED) is 0.781. The van der Waals surface area contributed by atoms with E-state index in [1.165, 1.54) is 19.3 Å². The second kappa shape index (κ2) is 6.25. The Hall–Kier alpha value is -1.90. The van der Waals surface area contributed by atoms with E-state index in [2.05, 4.69) is 11.9 Å². The van der Waals surface area contributed by atoms with Gasteiger partial charge in [0, 0.05) is 5.39 Å². The molecule has 0 atom stereocenters. The van der Waals surface area contributed by atoms with Crippen LogP contribution >= 0.6 is 0 Å². The Labute approximate surface area is 125 Å². The van der Waals surface area contributed by atoms with Crippen LogP contribution in [-0.2, 0) is 0 Å². The van der Waals surface area contributed by atoms with Crippen molar-refractivity contribution in [3.8, 4) is 5.75 Å². The maximum absolute atomic E-state index is 10.7. The molecule has 0 bridgehead atoms. The van der Waals surface area contributed by atoms with Gasteiger partial charge in [0.1, 0.15) is 11.4 Å². The summed E-state index contributed by atoms with van der Waals surface area (Å²) in [5, 5.41) is 1.01. The van der Waals surface area contributed by atoms with Crippen molar-refractivity contribution in [3.05, 3.63) is 36.0 Å². The van der Waals surface area contributed by atoms with E-state index in [9.17, 15) is 4.79 Å². The number of rotatable bonds is 4. The van der Waals surface area contributed by atoms with Gasteiger partial charge in [-0.2, -0.15) is 0 Å². The number of carbonyl (C=O) groups excluding carboxylic acids is 1. The van der Waals surface area contributed by atoms with Gasteiger partial charge in [0.25, 0.3) is 0 Å². The number of aromatic nitrogens is 1. The SMILES string of the molecule is CC[C@H]1CC[C@@H](Oc2ccc3nc(C=O)ccc3c2)CC1. The summed E-state index contributed by atoms with van der Waals surface area (Å²) >= 11 is 0. The Bertz CT molecular complexity index is 630. The van der Waals surface area contributed by atoms with Gasteiger partial charge in [0.05, 0.1) is 11.6 Å². The third-order valence-corrected chi connectivity index (χ3v) is 4.48. The van der Waals surface area contributed by atoms with Crippen molar-refractivity contribution in [1.82, 2.24) is 4.98 Å². The Kier molecular flexibility index (Phi) is 4.18. The van der Waals surface area contributed by atoms with Gasteiger partial charge in [-0.3, -0.25) is 4.79 Å². The summed E-state index contributed by atoms with van der Waals surface area (Å²) in [6.07, 6.45) is 7.26. The van der Waals surface area contributed by atoms with Gasteiger partial charge in [0.15, 0.2) is 6.29 Å². The van der Waals surface area contributed by atoms with E-state index in [4.69, 9.17) is 4.74 Å². The summed E-state index contributed by atoms with van der Waals surface area (Å²) in [6.45, 7) is 2.27. The van der Waals surface area contributed by atoms with E-state index in [0.29, 0.717) is 11.8 Å². The van der Waals surface area contributed by atoms with E-state index < -0.39 is 0 Å². The van der Waals surface area contributed by atoms with Gasteiger partial charge in [0.2, 0.25) is 0 Å². The highest BCUT2D eigenvalue weighted by molar-refractivity contribution is 5.84. The maximum Gasteiger partial charge on any atom is 0.168 e. The molecule has 0 amide bonds. The molecule has 1 saturated carbocycles. The number of nitrogens with zero attached hydrogens (tertiary/aromatic N) is 1. The lowest BCUT2D eigenvalue weighted by atomic mass is 9.86. The van der Waals surface area contributed by atoms with E-state index >= 15 is 0 Å². The topological polar surface area (TPSA) is 39.2 Å². The van der Waals surface area contributed by atoms with Crippen LogP contribution in [0.2, 0.25) is 0 Å². The first-order valence-corrected chi connectivity index (χ1v) is 7.81. The maximum atomic E-state index is 10.7.